The van der Waals surface area contributed by atoms with Gasteiger partial charge in [0.15, 0.2) is 11.1 Å². The van der Waals surface area contributed by atoms with E-state index in [2.05, 4.69) is 14.7 Å². The van der Waals surface area contributed by atoms with Crippen molar-refractivity contribution in [1.82, 2.24) is 14.7 Å². The Morgan fingerprint density at radius 3 is 2.78 bits per heavy atom. The topological polar surface area (TPSA) is 132 Å². The summed E-state index contributed by atoms with van der Waals surface area (Å²) in [5, 5.41) is 17.3. The van der Waals surface area contributed by atoms with E-state index in [1.165, 1.54) is 6.20 Å². The summed E-state index contributed by atoms with van der Waals surface area (Å²) >= 11 is 0. The lowest BCUT2D eigenvalue weighted by atomic mass is 10.3. The van der Waals surface area contributed by atoms with Crippen LogP contribution in [0.5, 0.6) is 0 Å². The van der Waals surface area contributed by atoms with Crippen molar-refractivity contribution in [2.24, 2.45) is 0 Å². The second-order valence-corrected chi connectivity index (χ2v) is 5.32. The Kier molecular flexibility index (Phi) is 4.82. The predicted molar refractivity (Wildman–Crippen MR) is 61.4 cm³/mol. The summed E-state index contributed by atoms with van der Waals surface area (Å²) in [5.41, 5.74) is 0. The van der Waals surface area contributed by atoms with E-state index in [1.807, 2.05) is 6.92 Å². The van der Waals surface area contributed by atoms with Crippen molar-refractivity contribution < 1.29 is 23.4 Å². The summed E-state index contributed by atoms with van der Waals surface area (Å²) in [7, 11) is -3.74. The number of aliphatic hydroxyl groups is 1. The maximum absolute atomic E-state index is 11.7. The zero-order valence-corrected chi connectivity index (χ0v) is 10.6. The molecule has 0 saturated carbocycles. The number of nitrogens with zero attached hydrogens (tertiary/aromatic N) is 1. The number of carboxylic acid groups (broad SMARTS) is 1. The number of aliphatic carboxylic acids is 1. The van der Waals surface area contributed by atoms with Crippen LogP contribution in [0.1, 0.15) is 19.2 Å². The number of hydrogen-bond acceptors (Lipinski definition) is 5. The maximum Gasteiger partial charge on any atom is 0.332 e. The van der Waals surface area contributed by atoms with Crippen LogP contribution in [0.3, 0.4) is 0 Å². The van der Waals surface area contributed by atoms with Gasteiger partial charge in [0.2, 0.25) is 0 Å². The van der Waals surface area contributed by atoms with Crippen molar-refractivity contribution in [2.45, 2.75) is 30.9 Å². The minimum atomic E-state index is -3.74. The Bertz CT molecular complexity index is 510. The minimum Gasteiger partial charge on any atom is -0.479 e. The third kappa shape index (κ3) is 3.79. The van der Waals surface area contributed by atoms with Crippen LogP contribution in [0.15, 0.2) is 11.2 Å². The average molecular weight is 277 g/mol. The summed E-state index contributed by atoms with van der Waals surface area (Å²) in [6, 6.07) is 0. The summed E-state index contributed by atoms with van der Waals surface area (Å²) in [5.74, 6) is -0.843. The molecule has 102 valence electrons. The van der Waals surface area contributed by atoms with Crippen molar-refractivity contribution in [3.8, 4) is 0 Å². The molecule has 0 radical (unpaired) electrons. The molecule has 1 heterocycles. The number of rotatable bonds is 7. The van der Waals surface area contributed by atoms with Crippen LogP contribution in [-0.2, 0) is 21.2 Å². The van der Waals surface area contributed by atoms with Gasteiger partial charge in [-0.1, -0.05) is 6.92 Å². The van der Waals surface area contributed by atoms with Crippen LogP contribution in [-0.4, -0.2) is 47.2 Å². The lowest BCUT2D eigenvalue weighted by Gasteiger charge is -2.06. The quantitative estimate of drug-likeness (QED) is 0.510. The monoisotopic (exact) mass is 277 g/mol. The van der Waals surface area contributed by atoms with Gasteiger partial charge >= 0.3 is 5.97 Å². The molecule has 0 amide bonds. The molecule has 9 heteroatoms. The first-order valence-electron chi connectivity index (χ1n) is 5.31. The van der Waals surface area contributed by atoms with Crippen molar-refractivity contribution >= 4 is 16.0 Å². The molecule has 0 fully saturated rings. The van der Waals surface area contributed by atoms with Crippen LogP contribution in [0.4, 0.5) is 0 Å². The molecular weight excluding hydrogens is 262 g/mol. The van der Waals surface area contributed by atoms with E-state index in [-0.39, 0.29) is 18.0 Å². The number of aromatic amines is 1. The number of imidazole rings is 1. The molecule has 0 aliphatic rings. The molecule has 1 atom stereocenters. The first-order valence-corrected chi connectivity index (χ1v) is 6.79. The number of sulfonamides is 1. The molecule has 0 spiro atoms. The van der Waals surface area contributed by atoms with Gasteiger partial charge in [-0.2, -0.15) is 0 Å². The van der Waals surface area contributed by atoms with Gasteiger partial charge in [-0.25, -0.2) is 22.9 Å². The first kappa shape index (κ1) is 14.6. The fraction of sp³-hybridized carbons (Fsp3) is 0.556. The van der Waals surface area contributed by atoms with Gasteiger partial charge in [0.05, 0.1) is 6.20 Å². The summed E-state index contributed by atoms with van der Waals surface area (Å²) < 4.78 is 25.6. The summed E-state index contributed by atoms with van der Waals surface area (Å²) in [6.45, 7) is 1.65. The average Bonchev–Trinajstić information content (AvgIpc) is 2.77. The molecule has 1 aromatic rings. The molecular formula is C9H15N3O5S. The number of aryl methyl sites for hydroxylation is 1. The largest absolute Gasteiger partial charge is 0.479 e. The fourth-order valence-electron chi connectivity index (χ4n) is 1.19. The van der Waals surface area contributed by atoms with Crippen molar-refractivity contribution in [2.75, 3.05) is 6.54 Å². The molecule has 0 saturated heterocycles. The number of aromatic nitrogens is 2. The molecule has 0 aliphatic carbocycles. The summed E-state index contributed by atoms with van der Waals surface area (Å²) in [4.78, 5) is 16.8. The highest BCUT2D eigenvalue weighted by molar-refractivity contribution is 7.89. The zero-order valence-electron chi connectivity index (χ0n) is 9.75. The summed E-state index contributed by atoms with van der Waals surface area (Å²) in [6.07, 6.45) is -0.0218. The van der Waals surface area contributed by atoms with Crippen LogP contribution >= 0.6 is 0 Å². The number of aliphatic hydroxyl groups excluding tert-OH is 1. The first-order chi connectivity index (χ1) is 8.36. The van der Waals surface area contributed by atoms with E-state index in [0.717, 1.165) is 0 Å². The van der Waals surface area contributed by atoms with Crippen LogP contribution in [0.25, 0.3) is 0 Å². The molecule has 1 unspecified atom stereocenters. The maximum atomic E-state index is 11.7. The molecule has 4 N–H and O–H groups in total. The standard InChI is InChI=1S/C9H15N3O5S/c1-2-7-10-5-8(12-7)18(16,17)11-4-3-6(13)9(14)15/h5-6,11,13H,2-4H2,1H3,(H,10,12)(H,14,15). The second kappa shape index (κ2) is 5.94. The van der Waals surface area contributed by atoms with Crippen LogP contribution in [0.2, 0.25) is 0 Å². The van der Waals surface area contributed by atoms with Gasteiger partial charge in [-0.3, -0.25) is 0 Å². The van der Waals surface area contributed by atoms with Crippen LogP contribution < -0.4 is 4.72 Å². The van der Waals surface area contributed by atoms with Gasteiger partial charge < -0.3 is 15.2 Å². The molecule has 1 aromatic heterocycles. The molecule has 18 heavy (non-hydrogen) atoms. The van der Waals surface area contributed by atoms with E-state index in [4.69, 9.17) is 10.2 Å². The smallest absolute Gasteiger partial charge is 0.332 e. The predicted octanol–water partition coefficient (Wildman–Crippen LogP) is -0.914. The number of carbonyl (C=O) groups is 1. The number of H-pyrrole nitrogens is 1. The normalized spacial score (nSPS) is 13.4. The fourth-order valence-corrected chi connectivity index (χ4v) is 2.18. The van der Waals surface area contributed by atoms with E-state index in [0.29, 0.717) is 12.2 Å². The molecule has 8 nitrogen and oxygen atoms in total. The Balaban J connectivity index is 2.57. The molecule has 1 rings (SSSR count). The zero-order chi connectivity index (χ0) is 13.8. The molecule has 0 aliphatic heterocycles. The second-order valence-electron chi connectivity index (χ2n) is 3.59. The lowest BCUT2D eigenvalue weighted by Crippen LogP contribution is -2.30. The van der Waals surface area contributed by atoms with E-state index >= 15 is 0 Å². The Morgan fingerprint density at radius 2 is 2.28 bits per heavy atom. The number of hydrogen-bond donors (Lipinski definition) is 4. The van der Waals surface area contributed by atoms with Gasteiger partial charge in [0.1, 0.15) is 5.82 Å². The number of carboxylic acids is 1. The van der Waals surface area contributed by atoms with Gasteiger partial charge in [0.25, 0.3) is 10.0 Å². The minimum absolute atomic E-state index is 0.0795. The third-order valence-corrected chi connectivity index (χ3v) is 3.60. The molecule has 0 aromatic carbocycles. The van der Waals surface area contributed by atoms with Gasteiger partial charge in [-0.15, -0.1) is 0 Å². The Labute approximate surface area is 104 Å². The van der Waals surface area contributed by atoms with Crippen molar-refractivity contribution in [1.29, 1.82) is 0 Å². The molecule has 0 bridgehead atoms. The number of nitrogens with one attached hydrogen (secondary N) is 2. The van der Waals surface area contributed by atoms with Crippen molar-refractivity contribution in [3.05, 3.63) is 12.0 Å². The van der Waals surface area contributed by atoms with E-state index in [1.54, 1.807) is 0 Å². The van der Waals surface area contributed by atoms with E-state index in [9.17, 15) is 13.2 Å². The third-order valence-electron chi connectivity index (χ3n) is 2.22. The van der Waals surface area contributed by atoms with Gasteiger partial charge in [-0.05, 0) is 6.42 Å². The highest BCUT2D eigenvalue weighted by Gasteiger charge is 2.18. The van der Waals surface area contributed by atoms with Crippen LogP contribution in [0, 0.1) is 0 Å². The Morgan fingerprint density at radius 1 is 1.61 bits per heavy atom. The van der Waals surface area contributed by atoms with Crippen molar-refractivity contribution in [3.63, 3.8) is 0 Å². The Hall–Kier alpha value is -1.45. The highest BCUT2D eigenvalue weighted by Crippen LogP contribution is 2.05. The lowest BCUT2D eigenvalue weighted by molar-refractivity contribution is -0.146. The SMILES string of the molecule is CCc1ncc(S(=O)(=O)NCCC(O)C(=O)O)[nH]1. The van der Waals surface area contributed by atoms with Gasteiger partial charge in [0, 0.05) is 13.0 Å². The van der Waals surface area contributed by atoms with E-state index < -0.39 is 22.1 Å². The highest BCUT2D eigenvalue weighted by atomic mass is 32.2.